The van der Waals surface area contributed by atoms with Crippen LogP contribution in [0.5, 0.6) is 5.75 Å². The van der Waals surface area contributed by atoms with E-state index >= 15 is 0 Å². The number of Topliss-reactive ketones (excluding diaryl/α,β-unsaturated/α-hetero) is 1. The van der Waals surface area contributed by atoms with Gasteiger partial charge in [-0.15, -0.1) is 0 Å². The van der Waals surface area contributed by atoms with Gasteiger partial charge in [0, 0.05) is 50.7 Å². The largest absolute Gasteiger partial charge is 0.496 e. The van der Waals surface area contributed by atoms with Crippen LogP contribution in [-0.4, -0.2) is 88.2 Å². The lowest BCUT2D eigenvalue weighted by Crippen LogP contribution is -2.71. The monoisotopic (exact) mass is 479 g/mol. The number of nitrogens with zero attached hydrogens (tertiary/aromatic N) is 5. The van der Waals surface area contributed by atoms with Crippen LogP contribution in [0.1, 0.15) is 30.8 Å². The van der Waals surface area contributed by atoms with Crippen LogP contribution in [0.15, 0.2) is 30.6 Å². The summed E-state index contributed by atoms with van der Waals surface area (Å²) in [6.07, 6.45) is 3.70. The number of carbonyl (C=O) groups excluding carboxylic acids is 3. The molecular formula is C26H33N5O4. The van der Waals surface area contributed by atoms with Crippen molar-refractivity contribution in [1.82, 2.24) is 24.3 Å². The van der Waals surface area contributed by atoms with Crippen molar-refractivity contribution >= 4 is 17.6 Å². The maximum absolute atomic E-state index is 13.3. The normalized spacial score (nSPS) is 27.1. The smallest absolute Gasteiger partial charge is 0.236 e. The molecule has 186 valence electrons. The van der Waals surface area contributed by atoms with Gasteiger partial charge in [0.1, 0.15) is 11.6 Å². The van der Waals surface area contributed by atoms with Crippen LogP contribution >= 0.6 is 0 Å². The molecule has 4 aliphatic heterocycles. The van der Waals surface area contributed by atoms with Crippen molar-refractivity contribution in [3.8, 4) is 5.75 Å². The Morgan fingerprint density at radius 2 is 1.54 bits per heavy atom. The van der Waals surface area contributed by atoms with Gasteiger partial charge in [-0.3, -0.25) is 19.3 Å². The second kappa shape index (κ2) is 8.48. The Bertz CT molecular complexity index is 1130. The average Bonchev–Trinajstić information content (AvgIpc) is 3.19. The van der Waals surface area contributed by atoms with Crippen LogP contribution in [0.3, 0.4) is 0 Å². The third-order valence-corrected chi connectivity index (χ3v) is 7.69. The van der Waals surface area contributed by atoms with Crippen LogP contribution in [-0.2, 0) is 27.5 Å². The van der Waals surface area contributed by atoms with Crippen molar-refractivity contribution in [3.05, 3.63) is 47.5 Å². The molecular weight excluding hydrogens is 446 g/mol. The van der Waals surface area contributed by atoms with E-state index in [1.807, 2.05) is 58.4 Å². The Labute approximate surface area is 205 Å². The summed E-state index contributed by atoms with van der Waals surface area (Å²) in [5.41, 5.74) is 0.612. The fraction of sp³-hybridized carbons (Fsp3) is 0.538. The van der Waals surface area contributed by atoms with Gasteiger partial charge in [-0.05, 0) is 38.5 Å². The molecule has 9 nitrogen and oxygen atoms in total. The first-order valence-corrected chi connectivity index (χ1v) is 12.1. The summed E-state index contributed by atoms with van der Waals surface area (Å²) in [7, 11) is 1.65. The molecule has 4 fully saturated rings. The SMILES string of the molecule is COc1ccc(CN2CC(=O)N3CC4(C)CN(CC(C)(C3)C4=O)C(=O)C2)cc1Cn1ccnc1C. The van der Waals surface area contributed by atoms with Crippen LogP contribution in [0.2, 0.25) is 0 Å². The number of aromatic nitrogens is 2. The Hall–Kier alpha value is -3.20. The molecule has 0 atom stereocenters. The summed E-state index contributed by atoms with van der Waals surface area (Å²) in [4.78, 5) is 49.7. The summed E-state index contributed by atoms with van der Waals surface area (Å²) >= 11 is 0. The maximum Gasteiger partial charge on any atom is 0.236 e. The zero-order chi connectivity index (χ0) is 25.0. The first-order chi connectivity index (χ1) is 16.6. The molecule has 2 aromatic rings. The summed E-state index contributed by atoms with van der Waals surface area (Å²) in [5, 5.41) is 0. The van der Waals surface area contributed by atoms with Gasteiger partial charge in [0.15, 0.2) is 5.78 Å². The van der Waals surface area contributed by atoms with Gasteiger partial charge in [0.25, 0.3) is 0 Å². The third-order valence-electron chi connectivity index (χ3n) is 7.69. The standard InChI is InChI=1S/C26H33N5O4/c1-18-27-7-8-29(18)11-20-9-19(5-6-21(20)35-4)10-28-12-22(32)30-14-25(2)15-31(23(33)13-28)17-26(3,16-30)24(25)34/h5-9H,10-17H2,1-4H3. The molecule has 5 heterocycles. The highest BCUT2D eigenvalue weighted by Crippen LogP contribution is 2.42. The molecule has 0 spiro atoms. The van der Waals surface area contributed by atoms with Crippen LogP contribution < -0.4 is 4.74 Å². The predicted molar refractivity (Wildman–Crippen MR) is 129 cm³/mol. The van der Waals surface area contributed by atoms with E-state index < -0.39 is 10.8 Å². The molecule has 0 unspecified atom stereocenters. The van der Waals surface area contributed by atoms with Crippen molar-refractivity contribution in [2.45, 2.75) is 33.9 Å². The number of carbonyl (C=O) groups is 3. The fourth-order valence-corrected chi connectivity index (χ4v) is 6.08. The molecule has 4 aliphatic rings. The summed E-state index contributed by atoms with van der Waals surface area (Å²) in [6.45, 7) is 8.59. The molecule has 2 amide bonds. The zero-order valence-electron chi connectivity index (χ0n) is 20.9. The Morgan fingerprint density at radius 3 is 2.06 bits per heavy atom. The van der Waals surface area contributed by atoms with E-state index in [2.05, 4.69) is 11.1 Å². The van der Waals surface area contributed by atoms with Gasteiger partial charge in [-0.2, -0.15) is 0 Å². The first-order valence-electron chi connectivity index (χ1n) is 12.1. The van der Waals surface area contributed by atoms with Crippen LogP contribution in [0.25, 0.3) is 0 Å². The van der Waals surface area contributed by atoms with Gasteiger partial charge in [-0.1, -0.05) is 6.07 Å². The number of fused-ring (bicyclic) bond motifs is 4. The quantitative estimate of drug-likeness (QED) is 0.643. The van der Waals surface area contributed by atoms with E-state index in [9.17, 15) is 14.4 Å². The molecule has 4 bridgehead atoms. The highest BCUT2D eigenvalue weighted by Gasteiger charge is 2.57. The van der Waals surface area contributed by atoms with Crippen LogP contribution in [0.4, 0.5) is 0 Å². The van der Waals surface area contributed by atoms with Crippen molar-refractivity contribution in [2.75, 3.05) is 46.4 Å². The van der Waals surface area contributed by atoms with Crippen molar-refractivity contribution < 1.29 is 19.1 Å². The Morgan fingerprint density at radius 1 is 0.943 bits per heavy atom. The number of amides is 2. The molecule has 9 heteroatoms. The summed E-state index contributed by atoms with van der Waals surface area (Å²) in [6, 6.07) is 5.99. The third kappa shape index (κ3) is 4.22. The molecule has 0 radical (unpaired) electrons. The number of ketones is 1. The lowest BCUT2D eigenvalue weighted by atomic mass is 9.64. The summed E-state index contributed by atoms with van der Waals surface area (Å²) < 4.78 is 7.63. The lowest BCUT2D eigenvalue weighted by Gasteiger charge is -2.56. The molecule has 1 aromatic heterocycles. The molecule has 0 N–H and O–H groups in total. The van der Waals surface area contributed by atoms with Crippen molar-refractivity contribution in [1.29, 1.82) is 0 Å². The Balaban J connectivity index is 1.39. The van der Waals surface area contributed by atoms with Gasteiger partial charge in [0.05, 0.1) is 37.6 Å². The molecule has 35 heavy (non-hydrogen) atoms. The van der Waals surface area contributed by atoms with E-state index in [1.165, 1.54) is 0 Å². The van der Waals surface area contributed by atoms with Gasteiger partial charge < -0.3 is 19.1 Å². The number of piperidine rings is 2. The van der Waals surface area contributed by atoms with Gasteiger partial charge in [-0.25, -0.2) is 4.98 Å². The zero-order valence-corrected chi connectivity index (χ0v) is 20.9. The molecule has 6 rings (SSSR count). The molecule has 0 saturated carbocycles. The van der Waals surface area contributed by atoms with E-state index in [0.29, 0.717) is 39.3 Å². The van der Waals surface area contributed by atoms with Crippen molar-refractivity contribution in [3.63, 3.8) is 0 Å². The van der Waals surface area contributed by atoms with Gasteiger partial charge >= 0.3 is 0 Å². The first kappa shape index (κ1) is 23.5. The van der Waals surface area contributed by atoms with E-state index in [1.54, 1.807) is 13.3 Å². The minimum Gasteiger partial charge on any atom is -0.496 e. The van der Waals surface area contributed by atoms with E-state index in [-0.39, 0.29) is 30.7 Å². The minimum atomic E-state index is -0.699. The second-order valence-corrected chi connectivity index (χ2v) is 10.8. The van der Waals surface area contributed by atoms with E-state index in [4.69, 9.17) is 4.74 Å². The average molecular weight is 480 g/mol. The predicted octanol–water partition coefficient (Wildman–Crippen LogP) is 1.33. The number of methoxy groups -OCH3 is 1. The minimum absolute atomic E-state index is 0.0270. The number of aryl methyl sites for hydroxylation is 1. The number of ether oxygens (including phenoxy) is 1. The van der Waals surface area contributed by atoms with Crippen LogP contribution in [0, 0.1) is 17.8 Å². The lowest BCUT2D eigenvalue weighted by molar-refractivity contribution is -0.169. The molecule has 0 aliphatic carbocycles. The number of hydrogen-bond donors (Lipinski definition) is 0. The number of rotatable bonds is 5. The number of benzene rings is 1. The van der Waals surface area contributed by atoms with E-state index in [0.717, 1.165) is 22.7 Å². The number of hydrogen-bond acceptors (Lipinski definition) is 6. The topological polar surface area (TPSA) is 88.0 Å². The fourth-order valence-electron chi connectivity index (χ4n) is 6.08. The summed E-state index contributed by atoms with van der Waals surface area (Å²) in [5.74, 6) is 1.82. The maximum atomic E-state index is 13.3. The second-order valence-electron chi connectivity index (χ2n) is 10.8. The molecule has 4 saturated heterocycles. The highest BCUT2D eigenvalue weighted by molar-refractivity contribution is 5.96. The van der Waals surface area contributed by atoms with Gasteiger partial charge in [0.2, 0.25) is 11.8 Å². The van der Waals surface area contributed by atoms with Crippen molar-refractivity contribution in [2.24, 2.45) is 10.8 Å². The Kier molecular flexibility index (Phi) is 5.70. The highest BCUT2D eigenvalue weighted by atomic mass is 16.5. The molecule has 1 aromatic carbocycles. The number of imidazole rings is 1.